The Hall–Kier alpha value is -3.35. The van der Waals surface area contributed by atoms with Crippen molar-refractivity contribution in [2.24, 2.45) is 0 Å². The summed E-state index contributed by atoms with van der Waals surface area (Å²) < 4.78 is 24.3. The summed E-state index contributed by atoms with van der Waals surface area (Å²) in [7, 11) is 1.59. The van der Waals surface area contributed by atoms with Crippen molar-refractivity contribution < 1.29 is 23.5 Å². The van der Waals surface area contributed by atoms with E-state index >= 15 is 0 Å². The number of amides is 2. The number of piperidine rings is 1. The Bertz CT molecular complexity index is 980. The molecule has 2 amide bonds. The van der Waals surface area contributed by atoms with Gasteiger partial charge in [-0.3, -0.25) is 14.5 Å². The van der Waals surface area contributed by atoms with Gasteiger partial charge in [-0.15, -0.1) is 0 Å². The molecule has 2 aromatic carbocycles. The van der Waals surface area contributed by atoms with Crippen molar-refractivity contribution in [1.82, 2.24) is 9.80 Å². The second-order valence-electron chi connectivity index (χ2n) is 7.56. The number of likely N-dealkylation sites (tertiary alicyclic amines) is 1. The number of halogens is 1. The number of carbonyl (C=O) groups excluding carboxylic acids is 2. The first-order chi connectivity index (χ1) is 15.1. The molecule has 2 aliphatic rings. The lowest BCUT2D eigenvalue weighted by Crippen LogP contribution is -2.39. The number of ether oxygens (including phenoxy) is 2. The van der Waals surface area contributed by atoms with Crippen LogP contribution in [0.2, 0.25) is 0 Å². The van der Waals surface area contributed by atoms with E-state index in [-0.39, 0.29) is 30.8 Å². The fourth-order valence-electron chi connectivity index (χ4n) is 3.98. The van der Waals surface area contributed by atoms with Crippen molar-refractivity contribution in [2.45, 2.75) is 19.3 Å². The highest BCUT2D eigenvalue weighted by Crippen LogP contribution is 2.33. The van der Waals surface area contributed by atoms with Crippen molar-refractivity contribution in [3.05, 3.63) is 65.6 Å². The van der Waals surface area contributed by atoms with Gasteiger partial charge in [-0.1, -0.05) is 12.1 Å². The van der Waals surface area contributed by atoms with Crippen LogP contribution in [0.15, 0.2) is 54.2 Å². The van der Waals surface area contributed by atoms with Crippen LogP contribution >= 0.6 is 0 Å². The number of hydrogen-bond donors (Lipinski definition) is 0. The first kappa shape index (κ1) is 20.9. The lowest BCUT2D eigenvalue weighted by molar-refractivity contribution is -0.138. The summed E-state index contributed by atoms with van der Waals surface area (Å²) in [5, 5.41) is 0. The topological polar surface area (TPSA) is 59.1 Å². The second-order valence-corrected chi connectivity index (χ2v) is 7.56. The molecule has 0 radical (unpaired) electrons. The number of hydrogen-bond acceptors (Lipinski definition) is 5. The Morgan fingerprint density at radius 2 is 1.52 bits per heavy atom. The van der Waals surface area contributed by atoms with Gasteiger partial charge in [0.1, 0.15) is 29.6 Å². The Labute approximate surface area is 180 Å². The fraction of sp³-hybridized carbons (Fsp3) is 0.333. The summed E-state index contributed by atoms with van der Waals surface area (Å²) >= 11 is 0. The third kappa shape index (κ3) is 4.40. The van der Waals surface area contributed by atoms with Crippen LogP contribution in [0.3, 0.4) is 0 Å². The molecule has 2 aromatic rings. The van der Waals surface area contributed by atoms with Gasteiger partial charge in [-0.2, -0.15) is 0 Å². The molecule has 4 rings (SSSR count). The van der Waals surface area contributed by atoms with Gasteiger partial charge < -0.3 is 14.4 Å². The molecule has 1 fully saturated rings. The Kier molecular flexibility index (Phi) is 6.21. The van der Waals surface area contributed by atoms with Gasteiger partial charge in [0.25, 0.3) is 11.8 Å². The zero-order valence-electron chi connectivity index (χ0n) is 17.5. The monoisotopic (exact) mass is 424 g/mol. The fourth-order valence-corrected chi connectivity index (χ4v) is 3.98. The average Bonchev–Trinajstić information content (AvgIpc) is 3.05. The highest BCUT2D eigenvalue weighted by Gasteiger charge is 2.41. The molecule has 2 aliphatic heterocycles. The van der Waals surface area contributed by atoms with Crippen LogP contribution < -0.4 is 9.47 Å². The molecule has 0 aromatic heterocycles. The molecule has 0 bridgehead atoms. The number of benzene rings is 2. The Morgan fingerprint density at radius 3 is 2.16 bits per heavy atom. The molecule has 2 heterocycles. The lowest BCUT2D eigenvalue weighted by Gasteiger charge is -2.29. The van der Waals surface area contributed by atoms with Crippen molar-refractivity contribution in [3.63, 3.8) is 0 Å². The minimum absolute atomic E-state index is 0.131. The molecule has 0 unspecified atom stereocenters. The Morgan fingerprint density at radius 1 is 0.871 bits per heavy atom. The minimum Gasteiger partial charge on any atom is -0.497 e. The zero-order chi connectivity index (χ0) is 21.8. The predicted molar refractivity (Wildman–Crippen MR) is 114 cm³/mol. The van der Waals surface area contributed by atoms with Gasteiger partial charge in [0.15, 0.2) is 0 Å². The van der Waals surface area contributed by atoms with Crippen molar-refractivity contribution in [2.75, 3.05) is 33.4 Å². The van der Waals surface area contributed by atoms with Crippen molar-refractivity contribution >= 4 is 17.4 Å². The van der Waals surface area contributed by atoms with Crippen LogP contribution in [0.1, 0.15) is 24.8 Å². The van der Waals surface area contributed by atoms with E-state index in [9.17, 15) is 14.0 Å². The summed E-state index contributed by atoms with van der Waals surface area (Å²) in [6.07, 6.45) is 3.06. The predicted octanol–water partition coefficient (Wildman–Crippen LogP) is 3.48. The highest BCUT2D eigenvalue weighted by molar-refractivity contribution is 6.35. The maximum Gasteiger partial charge on any atom is 0.277 e. The number of imide groups is 1. The van der Waals surface area contributed by atoms with E-state index in [4.69, 9.17) is 9.47 Å². The molecule has 1 saturated heterocycles. The van der Waals surface area contributed by atoms with Gasteiger partial charge in [-0.25, -0.2) is 4.39 Å². The van der Waals surface area contributed by atoms with Crippen LogP contribution in [0.5, 0.6) is 11.5 Å². The van der Waals surface area contributed by atoms with Crippen LogP contribution in [0.25, 0.3) is 5.57 Å². The molecule has 0 atom stereocenters. The molecular weight excluding hydrogens is 399 g/mol. The van der Waals surface area contributed by atoms with Crippen LogP contribution in [0.4, 0.5) is 4.39 Å². The van der Waals surface area contributed by atoms with E-state index in [2.05, 4.69) is 0 Å². The van der Waals surface area contributed by atoms with Crippen molar-refractivity contribution in [1.29, 1.82) is 0 Å². The van der Waals surface area contributed by atoms with Crippen molar-refractivity contribution in [3.8, 4) is 11.5 Å². The second kappa shape index (κ2) is 9.20. The maximum atomic E-state index is 13.4. The standard InChI is InChI=1S/C24H25FN2O4/c1-30-19-9-11-20(12-10-19)31-16-15-27-23(28)21(17-5-7-18(25)8-6-17)22(24(27)29)26-13-3-2-4-14-26/h5-12H,2-4,13-16H2,1H3. The summed E-state index contributed by atoms with van der Waals surface area (Å²) in [6, 6.07) is 12.8. The van der Waals surface area contributed by atoms with Gasteiger partial charge in [0.05, 0.1) is 19.2 Å². The third-order valence-corrected chi connectivity index (χ3v) is 5.59. The van der Waals surface area contributed by atoms with E-state index < -0.39 is 0 Å². The summed E-state index contributed by atoms with van der Waals surface area (Å²) in [6.45, 7) is 1.77. The number of carbonyl (C=O) groups is 2. The number of nitrogens with zero attached hydrogens (tertiary/aromatic N) is 2. The molecule has 6 nitrogen and oxygen atoms in total. The Balaban J connectivity index is 1.53. The molecule has 7 heteroatoms. The molecule has 0 spiro atoms. The van der Waals surface area contributed by atoms with Crippen LogP contribution in [-0.2, 0) is 9.59 Å². The van der Waals surface area contributed by atoms with Crippen LogP contribution in [-0.4, -0.2) is 55.0 Å². The third-order valence-electron chi connectivity index (χ3n) is 5.59. The molecule has 0 saturated carbocycles. The first-order valence-corrected chi connectivity index (χ1v) is 10.5. The van der Waals surface area contributed by atoms with Gasteiger partial charge in [-0.05, 0) is 61.2 Å². The number of rotatable bonds is 7. The van der Waals surface area contributed by atoms with Crippen LogP contribution in [0, 0.1) is 5.82 Å². The molecule has 0 aliphatic carbocycles. The van der Waals surface area contributed by atoms with E-state index in [1.807, 2.05) is 4.90 Å². The molecule has 31 heavy (non-hydrogen) atoms. The van der Waals surface area contributed by atoms with E-state index in [1.165, 1.54) is 17.0 Å². The van der Waals surface area contributed by atoms with Gasteiger partial charge >= 0.3 is 0 Å². The van der Waals surface area contributed by atoms with E-state index in [0.717, 1.165) is 38.1 Å². The maximum absolute atomic E-state index is 13.4. The lowest BCUT2D eigenvalue weighted by atomic mass is 10.0. The summed E-state index contributed by atoms with van der Waals surface area (Å²) in [4.78, 5) is 29.7. The molecule has 162 valence electrons. The quantitative estimate of drug-likeness (QED) is 0.637. The molecular formula is C24H25FN2O4. The first-order valence-electron chi connectivity index (χ1n) is 10.5. The average molecular weight is 424 g/mol. The largest absolute Gasteiger partial charge is 0.497 e. The SMILES string of the molecule is COc1ccc(OCCN2C(=O)C(c3ccc(F)cc3)=C(N3CCCCC3)C2=O)cc1. The van der Waals surface area contributed by atoms with E-state index in [1.54, 1.807) is 43.5 Å². The minimum atomic E-state index is -0.384. The molecule has 0 N–H and O–H groups in total. The number of methoxy groups -OCH3 is 1. The zero-order valence-corrected chi connectivity index (χ0v) is 17.5. The smallest absolute Gasteiger partial charge is 0.277 e. The normalized spacial score (nSPS) is 16.8. The van der Waals surface area contributed by atoms with E-state index in [0.29, 0.717) is 22.6 Å². The summed E-state index contributed by atoms with van der Waals surface area (Å²) in [5.74, 6) is 0.282. The van der Waals surface area contributed by atoms with Gasteiger partial charge in [0, 0.05) is 13.1 Å². The summed E-state index contributed by atoms with van der Waals surface area (Å²) in [5.41, 5.74) is 1.32. The highest BCUT2D eigenvalue weighted by atomic mass is 19.1. The van der Waals surface area contributed by atoms with Gasteiger partial charge in [0.2, 0.25) is 0 Å².